The smallest absolute Gasteiger partial charge is 0.411 e. The van der Waals surface area contributed by atoms with Crippen LogP contribution >= 0.6 is 0 Å². The van der Waals surface area contributed by atoms with Gasteiger partial charge >= 0.3 is 24.4 Å². The number of benzene rings is 8. The summed E-state index contributed by atoms with van der Waals surface area (Å²) in [4.78, 5) is 89.0. The zero-order valence-corrected chi connectivity index (χ0v) is 58.1. The van der Waals surface area contributed by atoms with Gasteiger partial charge in [0.05, 0.1) is 26.4 Å². The van der Waals surface area contributed by atoms with Gasteiger partial charge in [0.2, 0.25) is 0 Å². The second-order valence-electron chi connectivity index (χ2n) is 24.8. The number of fused-ring (bicyclic) bond motifs is 20. The van der Waals surface area contributed by atoms with Crippen LogP contribution in [0.4, 0.5) is 41.9 Å². The number of carbonyl (C=O) groups excluding carboxylic acids is 4. The molecule has 0 fully saturated rings. The van der Waals surface area contributed by atoms with E-state index in [9.17, 15) is 19.2 Å². The highest BCUT2D eigenvalue weighted by Gasteiger charge is 2.25. The fraction of sp³-hybridized carbons (Fsp3) is 0.250. The standard InChI is InChI=1S/C80H78N12O12/c1-5-9-13-41-97-77(93)81-49-17-25-53(26-18-49)101-57-33-37-61-65(45-57)73-85-69(61)90-74-67-47-59(103-55-29-21-51(22-30-55)83-79(95)99-43-15-11-7-3)35-39-63(67)71(87-74)92-76-68-48-60(104-56-31-23-52(24-32-56)84-80(96)100-44-16-12-8-4)36-40-64(68)72(88-76)91-75-66-46-58(34-38-62(66)70(86-75)89-73)102-54-27-19-50(20-28-54)82-78(94)98-42-14-10-6-2/h17-40,45-48H,5-16,41-44H2,1-4H3,(H,81,93)(H,82,94)(H,83,95)(H,84,96)(H2,85,86,87,88,89,90,91,92). The number of hydrogen-bond donors (Lipinski definition) is 6. The van der Waals surface area contributed by atoms with Gasteiger partial charge in [0.1, 0.15) is 68.6 Å². The average molecular weight is 1400 g/mol. The average Bonchev–Trinajstić information content (AvgIpc) is 1.60. The van der Waals surface area contributed by atoms with E-state index in [4.69, 9.17) is 67.8 Å². The third-order valence-electron chi connectivity index (χ3n) is 17.0. The van der Waals surface area contributed by atoms with Gasteiger partial charge < -0.3 is 47.9 Å². The van der Waals surface area contributed by atoms with E-state index in [1.807, 2.05) is 72.8 Å². The second kappa shape index (κ2) is 33.3. The minimum absolute atomic E-state index is 0.298. The van der Waals surface area contributed by atoms with Crippen molar-refractivity contribution >= 4 is 91.3 Å². The summed E-state index contributed by atoms with van der Waals surface area (Å²) in [7, 11) is 0. The highest BCUT2D eigenvalue weighted by atomic mass is 16.6. The Morgan fingerprint density at radius 3 is 0.817 bits per heavy atom. The maximum absolute atomic E-state index is 12.6. The SMILES string of the molecule is CCCCCOC(=O)Nc1ccc(Oc2ccc3c(c2)-c2nc-3nc3[nH]c(nc4nc(nc5[nH]c(n2)c2ccc(Oc6ccc(NC(=O)OCCCCC)cc6)cc52)-c2ccc(Oc5ccc(NC(=O)OCCCCC)cc5)cc2-4)c2ccc(Oc4ccc(NC(=O)OCCCCC)cc4)cc32)cc1. The van der Waals surface area contributed by atoms with Crippen molar-refractivity contribution in [3.63, 3.8) is 0 Å². The molecule has 13 rings (SSSR count). The Bertz CT molecular complexity index is 4770. The number of hydrogen-bond acceptors (Lipinski definition) is 18. The third kappa shape index (κ3) is 17.6. The van der Waals surface area contributed by atoms with Crippen LogP contribution < -0.4 is 40.2 Å². The summed E-state index contributed by atoms with van der Waals surface area (Å²) in [6.45, 7) is 9.69. The van der Waals surface area contributed by atoms with Crippen LogP contribution in [0.15, 0.2) is 170 Å². The van der Waals surface area contributed by atoms with E-state index in [2.05, 4.69) is 58.9 Å². The Morgan fingerprint density at radius 1 is 0.279 bits per heavy atom. The molecule has 0 aliphatic carbocycles. The number of aromatic amines is 2. The zero-order valence-electron chi connectivity index (χ0n) is 58.1. The monoisotopic (exact) mass is 1400 g/mol. The van der Waals surface area contributed by atoms with Gasteiger partial charge in [-0.3, -0.25) is 21.3 Å². The first kappa shape index (κ1) is 69.9. The van der Waals surface area contributed by atoms with Crippen LogP contribution in [-0.2, 0) is 18.9 Å². The van der Waals surface area contributed by atoms with Gasteiger partial charge in [0.25, 0.3) is 0 Å². The molecule has 24 heteroatoms. The summed E-state index contributed by atoms with van der Waals surface area (Å²) >= 11 is 0. The first-order chi connectivity index (χ1) is 50.9. The summed E-state index contributed by atoms with van der Waals surface area (Å²) in [5, 5.41) is 13.7. The zero-order chi connectivity index (χ0) is 71.7. The van der Waals surface area contributed by atoms with Crippen LogP contribution in [0.1, 0.15) is 105 Å². The largest absolute Gasteiger partial charge is 0.457 e. The van der Waals surface area contributed by atoms with E-state index < -0.39 is 24.4 Å². The molecule has 24 nitrogen and oxygen atoms in total. The lowest BCUT2D eigenvalue weighted by atomic mass is 10.1. The third-order valence-corrected chi connectivity index (χ3v) is 17.0. The van der Waals surface area contributed by atoms with E-state index in [1.54, 1.807) is 97.1 Å². The van der Waals surface area contributed by atoms with Crippen LogP contribution in [0.3, 0.4) is 0 Å². The lowest BCUT2D eigenvalue weighted by Crippen LogP contribution is -2.14. The van der Waals surface area contributed by atoms with Crippen molar-refractivity contribution in [2.45, 2.75) is 105 Å². The van der Waals surface area contributed by atoms with Crippen LogP contribution in [0.25, 0.3) is 89.7 Å². The van der Waals surface area contributed by atoms with Crippen LogP contribution in [-0.4, -0.2) is 90.7 Å². The number of unbranched alkanes of at least 4 members (excludes halogenated alkanes) is 8. The minimum Gasteiger partial charge on any atom is -0.457 e. The molecule has 2 aliphatic rings. The number of amides is 4. The molecule has 530 valence electrons. The minimum atomic E-state index is -0.534. The van der Waals surface area contributed by atoms with Crippen molar-refractivity contribution in [2.24, 2.45) is 0 Å². The van der Waals surface area contributed by atoms with Gasteiger partial charge in [-0.1, -0.05) is 79.1 Å². The summed E-state index contributed by atoms with van der Waals surface area (Å²) < 4.78 is 47.5. The molecule has 8 aromatic carbocycles. The van der Waals surface area contributed by atoms with Crippen molar-refractivity contribution in [3.05, 3.63) is 170 Å². The molecule has 6 N–H and O–H groups in total. The number of anilines is 4. The Hall–Kier alpha value is -12.6. The Morgan fingerprint density at radius 2 is 0.529 bits per heavy atom. The number of ether oxygens (including phenoxy) is 8. The lowest BCUT2D eigenvalue weighted by molar-refractivity contribution is 0.158. The highest BCUT2D eigenvalue weighted by Crippen LogP contribution is 2.42. The van der Waals surface area contributed by atoms with E-state index in [1.165, 1.54) is 0 Å². The molecule has 5 heterocycles. The van der Waals surface area contributed by atoms with Gasteiger partial charge in [0, 0.05) is 66.5 Å². The fourth-order valence-electron chi connectivity index (χ4n) is 11.6. The topological polar surface area (TPSA) is 299 Å². The molecule has 11 aromatic rings. The molecule has 3 aromatic heterocycles. The molecule has 0 spiro atoms. The van der Waals surface area contributed by atoms with Crippen molar-refractivity contribution in [2.75, 3.05) is 47.7 Å². The molecule has 0 saturated carbocycles. The number of nitrogens with one attached hydrogen (secondary N) is 6. The summed E-state index contributed by atoms with van der Waals surface area (Å²) in [6, 6.07) is 50.2. The Balaban J connectivity index is 0.911. The van der Waals surface area contributed by atoms with Crippen LogP contribution in [0, 0.1) is 0 Å². The van der Waals surface area contributed by atoms with Gasteiger partial charge in [-0.25, -0.2) is 49.1 Å². The number of nitrogens with zero attached hydrogens (tertiary/aromatic N) is 6. The first-order valence-corrected chi connectivity index (χ1v) is 35.2. The van der Waals surface area contributed by atoms with E-state index in [-0.39, 0.29) is 0 Å². The van der Waals surface area contributed by atoms with Gasteiger partial charge in [-0.15, -0.1) is 0 Å². The molecular weight excluding hydrogens is 1320 g/mol. The predicted octanol–water partition coefficient (Wildman–Crippen LogP) is 21.0. The quantitative estimate of drug-likeness (QED) is 0.0196. The van der Waals surface area contributed by atoms with Crippen LogP contribution in [0.5, 0.6) is 46.0 Å². The van der Waals surface area contributed by atoms with Gasteiger partial charge in [-0.2, -0.15) is 0 Å². The molecular formula is C80H78N12O12. The molecule has 0 atom stereocenters. The van der Waals surface area contributed by atoms with Crippen molar-refractivity contribution in [1.82, 2.24) is 39.9 Å². The predicted molar refractivity (Wildman–Crippen MR) is 400 cm³/mol. The molecule has 0 radical (unpaired) electrons. The summed E-state index contributed by atoms with van der Waals surface area (Å²) in [6.07, 6.45) is 8.94. The number of aromatic nitrogens is 8. The molecule has 104 heavy (non-hydrogen) atoms. The summed E-state index contributed by atoms with van der Waals surface area (Å²) in [5.74, 6) is 5.11. The molecule has 2 aliphatic heterocycles. The maximum Gasteiger partial charge on any atom is 0.411 e. The van der Waals surface area contributed by atoms with Gasteiger partial charge in [0.15, 0.2) is 23.3 Å². The number of H-pyrrole nitrogens is 2. The lowest BCUT2D eigenvalue weighted by Gasteiger charge is -2.10. The van der Waals surface area contributed by atoms with Crippen molar-refractivity contribution in [1.29, 1.82) is 0 Å². The maximum atomic E-state index is 12.6. The van der Waals surface area contributed by atoms with E-state index >= 15 is 0 Å². The number of rotatable bonds is 28. The fourth-order valence-corrected chi connectivity index (χ4v) is 11.6. The first-order valence-electron chi connectivity index (χ1n) is 35.2. The molecule has 8 bridgehead atoms. The second-order valence-corrected chi connectivity index (χ2v) is 24.8. The number of carbonyl (C=O) groups is 4. The Labute approximate surface area is 599 Å². The molecule has 0 unspecified atom stereocenters. The molecule has 4 amide bonds. The Kier molecular flexibility index (Phi) is 22.3. The van der Waals surface area contributed by atoms with Crippen molar-refractivity contribution < 1.29 is 57.1 Å². The molecule has 0 saturated heterocycles. The highest BCUT2D eigenvalue weighted by molar-refractivity contribution is 6.07. The normalized spacial score (nSPS) is 11.3. The van der Waals surface area contributed by atoms with Crippen molar-refractivity contribution in [3.8, 4) is 91.5 Å². The summed E-state index contributed by atoms with van der Waals surface area (Å²) in [5.41, 5.74) is 6.22. The van der Waals surface area contributed by atoms with E-state index in [0.717, 1.165) is 77.0 Å². The van der Waals surface area contributed by atoms with Crippen LogP contribution in [0.2, 0.25) is 0 Å². The van der Waals surface area contributed by atoms with E-state index in [0.29, 0.717) is 185 Å². The van der Waals surface area contributed by atoms with Gasteiger partial charge in [-0.05, 0) is 196 Å².